The van der Waals surface area contributed by atoms with E-state index in [-0.39, 0.29) is 12.1 Å². The molecule has 1 aliphatic rings. The van der Waals surface area contributed by atoms with Crippen LogP contribution in [0.4, 0.5) is 10.5 Å². The van der Waals surface area contributed by atoms with E-state index in [0.717, 1.165) is 25.7 Å². The van der Waals surface area contributed by atoms with Gasteiger partial charge in [-0.3, -0.25) is 0 Å². The van der Waals surface area contributed by atoms with Crippen molar-refractivity contribution >= 4 is 34.7 Å². The molecular weight excluding hydrogens is 284 g/mol. The number of carbonyl (C=O) groups excluding carboxylic acids is 1. The molecule has 0 aliphatic heterocycles. The molecule has 0 spiro atoms. The third kappa shape index (κ3) is 4.37. The molecule has 2 amide bonds. The lowest BCUT2D eigenvalue weighted by atomic mass is 9.84. The van der Waals surface area contributed by atoms with E-state index in [2.05, 4.69) is 10.6 Å². The van der Waals surface area contributed by atoms with Crippen molar-refractivity contribution in [2.45, 2.75) is 38.2 Å². The molecule has 106 valence electrons. The second kappa shape index (κ2) is 7.12. The van der Waals surface area contributed by atoms with Crippen molar-refractivity contribution < 1.29 is 9.90 Å². The highest BCUT2D eigenvalue weighted by molar-refractivity contribution is 7.09. The van der Waals surface area contributed by atoms with Crippen molar-refractivity contribution in [3.8, 4) is 0 Å². The fourth-order valence-electron chi connectivity index (χ4n) is 2.43. The Morgan fingerprint density at radius 1 is 1.42 bits per heavy atom. The summed E-state index contributed by atoms with van der Waals surface area (Å²) in [6, 6.07) is -0.245. The number of rotatable bonds is 4. The van der Waals surface area contributed by atoms with Gasteiger partial charge < -0.3 is 15.7 Å². The first-order valence-electron chi connectivity index (χ1n) is 6.61. The van der Waals surface area contributed by atoms with Crippen LogP contribution in [0, 0.1) is 5.92 Å². The monoisotopic (exact) mass is 302 g/mol. The van der Waals surface area contributed by atoms with Crippen LogP contribution >= 0.6 is 22.9 Å². The Labute approximate surface area is 122 Å². The van der Waals surface area contributed by atoms with Gasteiger partial charge in [-0.2, -0.15) is 0 Å². The van der Waals surface area contributed by atoms with Crippen molar-refractivity contribution in [1.29, 1.82) is 0 Å². The molecule has 0 radical (unpaired) electrons. The molecule has 0 aromatic carbocycles. The van der Waals surface area contributed by atoms with E-state index in [0.29, 0.717) is 23.2 Å². The number of thiophene rings is 1. The first-order chi connectivity index (χ1) is 9.16. The lowest BCUT2D eigenvalue weighted by molar-refractivity contribution is 0.0658. The standard InChI is InChI=1S/C13H19ClN2O2S/c14-10-7-19-8-11(10)16-13(18)15-6-5-9-3-1-2-4-12(9)17/h7-9,12,17H,1-6H2,(H2,15,16,18)/t9-,12-/m1/s1. The fraction of sp³-hybridized carbons (Fsp3) is 0.615. The summed E-state index contributed by atoms with van der Waals surface area (Å²) >= 11 is 7.34. The molecule has 1 fully saturated rings. The molecule has 0 bridgehead atoms. The summed E-state index contributed by atoms with van der Waals surface area (Å²) < 4.78 is 0. The highest BCUT2D eigenvalue weighted by atomic mass is 35.5. The van der Waals surface area contributed by atoms with Crippen molar-refractivity contribution in [2.24, 2.45) is 5.92 Å². The van der Waals surface area contributed by atoms with Crippen LogP contribution in [-0.4, -0.2) is 23.8 Å². The van der Waals surface area contributed by atoms with Crippen LogP contribution in [0.2, 0.25) is 5.02 Å². The molecule has 1 heterocycles. The van der Waals surface area contributed by atoms with Crippen molar-refractivity contribution in [1.82, 2.24) is 5.32 Å². The topological polar surface area (TPSA) is 61.4 Å². The number of hydrogen-bond donors (Lipinski definition) is 3. The minimum Gasteiger partial charge on any atom is -0.393 e. The Kier molecular flexibility index (Phi) is 5.48. The van der Waals surface area contributed by atoms with Gasteiger partial charge in [0.15, 0.2) is 0 Å². The molecule has 1 aromatic rings. The van der Waals surface area contributed by atoms with E-state index in [9.17, 15) is 9.90 Å². The summed E-state index contributed by atoms with van der Waals surface area (Å²) in [5, 5.41) is 19.5. The second-order valence-electron chi connectivity index (χ2n) is 4.91. The van der Waals surface area contributed by atoms with Gasteiger partial charge in [0.1, 0.15) is 0 Å². The van der Waals surface area contributed by atoms with E-state index in [1.54, 1.807) is 10.8 Å². The van der Waals surface area contributed by atoms with Gasteiger partial charge in [0.25, 0.3) is 0 Å². The average molecular weight is 303 g/mol. The van der Waals surface area contributed by atoms with Crippen LogP contribution < -0.4 is 10.6 Å². The summed E-state index contributed by atoms with van der Waals surface area (Å²) in [5.41, 5.74) is 0.641. The summed E-state index contributed by atoms with van der Waals surface area (Å²) in [7, 11) is 0. The summed E-state index contributed by atoms with van der Waals surface area (Å²) in [5.74, 6) is 0.318. The van der Waals surface area contributed by atoms with E-state index >= 15 is 0 Å². The first kappa shape index (κ1) is 14.6. The Morgan fingerprint density at radius 3 is 2.89 bits per heavy atom. The summed E-state index contributed by atoms with van der Waals surface area (Å²) in [6.45, 7) is 0.579. The van der Waals surface area contributed by atoms with Crippen molar-refractivity contribution in [2.75, 3.05) is 11.9 Å². The molecule has 0 saturated heterocycles. The van der Waals surface area contributed by atoms with Gasteiger partial charge in [-0.1, -0.05) is 24.4 Å². The highest BCUT2D eigenvalue weighted by Gasteiger charge is 2.22. The van der Waals surface area contributed by atoms with Crippen LogP contribution in [-0.2, 0) is 0 Å². The van der Waals surface area contributed by atoms with E-state index in [1.807, 2.05) is 0 Å². The molecule has 2 rings (SSSR count). The number of halogens is 1. The Balaban J connectivity index is 1.68. The molecule has 2 atom stereocenters. The molecule has 4 nitrogen and oxygen atoms in total. The number of amides is 2. The summed E-state index contributed by atoms with van der Waals surface area (Å²) in [4.78, 5) is 11.6. The van der Waals surface area contributed by atoms with Gasteiger partial charge in [0, 0.05) is 17.3 Å². The quantitative estimate of drug-likeness (QED) is 0.797. The molecule has 1 saturated carbocycles. The number of aliphatic hydroxyl groups is 1. The average Bonchev–Trinajstić information content (AvgIpc) is 2.77. The summed E-state index contributed by atoms with van der Waals surface area (Å²) in [6.07, 6.45) is 4.86. The van der Waals surface area contributed by atoms with Gasteiger partial charge in [-0.15, -0.1) is 11.3 Å². The molecule has 0 unspecified atom stereocenters. The van der Waals surface area contributed by atoms with Crippen molar-refractivity contribution in [3.05, 3.63) is 15.8 Å². The molecule has 3 N–H and O–H groups in total. The predicted octanol–water partition coefficient (Wildman–Crippen LogP) is 3.46. The SMILES string of the molecule is O=C(NCC[C@H]1CCCC[C@H]1O)Nc1cscc1Cl. The second-order valence-corrected chi connectivity index (χ2v) is 6.07. The molecule has 19 heavy (non-hydrogen) atoms. The number of nitrogens with one attached hydrogen (secondary N) is 2. The Bertz CT molecular complexity index is 425. The predicted molar refractivity (Wildman–Crippen MR) is 78.9 cm³/mol. The maximum atomic E-state index is 11.6. The first-order valence-corrected chi connectivity index (χ1v) is 7.93. The maximum Gasteiger partial charge on any atom is 0.319 e. The van der Waals surface area contributed by atoms with Crippen LogP contribution in [0.1, 0.15) is 32.1 Å². The van der Waals surface area contributed by atoms with Crippen LogP contribution in [0.15, 0.2) is 10.8 Å². The third-order valence-corrected chi connectivity index (χ3v) is 4.72. The lowest BCUT2D eigenvalue weighted by Crippen LogP contribution is -2.33. The highest BCUT2D eigenvalue weighted by Crippen LogP contribution is 2.27. The number of carbonyl (C=O) groups is 1. The Hall–Kier alpha value is -0.780. The van der Waals surface area contributed by atoms with E-state index < -0.39 is 0 Å². The molecule has 1 aliphatic carbocycles. The van der Waals surface area contributed by atoms with E-state index in [4.69, 9.17) is 11.6 Å². The van der Waals surface area contributed by atoms with Gasteiger partial charge >= 0.3 is 6.03 Å². The van der Waals surface area contributed by atoms with Gasteiger partial charge in [0.05, 0.1) is 16.8 Å². The fourth-order valence-corrected chi connectivity index (χ4v) is 3.39. The minimum atomic E-state index is -0.245. The zero-order valence-electron chi connectivity index (χ0n) is 10.7. The minimum absolute atomic E-state index is 0.204. The van der Waals surface area contributed by atoms with E-state index in [1.165, 1.54) is 17.8 Å². The van der Waals surface area contributed by atoms with Gasteiger partial charge in [0.2, 0.25) is 0 Å². The molecular formula is C13H19ClN2O2S. The molecule has 6 heteroatoms. The van der Waals surface area contributed by atoms with Crippen molar-refractivity contribution in [3.63, 3.8) is 0 Å². The molecule has 1 aromatic heterocycles. The maximum absolute atomic E-state index is 11.6. The third-order valence-electron chi connectivity index (χ3n) is 3.53. The zero-order chi connectivity index (χ0) is 13.7. The van der Waals surface area contributed by atoms with Crippen LogP contribution in [0.25, 0.3) is 0 Å². The zero-order valence-corrected chi connectivity index (χ0v) is 12.3. The van der Waals surface area contributed by atoms with Gasteiger partial charge in [-0.25, -0.2) is 4.79 Å². The largest absolute Gasteiger partial charge is 0.393 e. The number of urea groups is 1. The van der Waals surface area contributed by atoms with Crippen LogP contribution in [0.5, 0.6) is 0 Å². The number of anilines is 1. The smallest absolute Gasteiger partial charge is 0.319 e. The normalized spacial score (nSPS) is 23.1. The Morgan fingerprint density at radius 2 is 2.21 bits per heavy atom. The lowest BCUT2D eigenvalue weighted by Gasteiger charge is -2.27. The number of aliphatic hydroxyl groups excluding tert-OH is 1. The van der Waals surface area contributed by atoms with Crippen LogP contribution in [0.3, 0.4) is 0 Å². The number of hydrogen-bond acceptors (Lipinski definition) is 3. The van der Waals surface area contributed by atoms with Gasteiger partial charge in [-0.05, 0) is 25.2 Å².